The Labute approximate surface area is 152 Å². The summed E-state index contributed by atoms with van der Waals surface area (Å²) in [5.41, 5.74) is 2.77. The number of carbonyl (C=O) groups is 2. The van der Waals surface area contributed by atoms with E-state index in [4.69, 9.17) is 0 Å². The molecule has 2 rings (SSSR count). The Morgan fingerprint density at radius 2 is 1.56 bits per heavy atom. The van der Waals surface area contributed by atoms with Crippen molar-refractivity contribution >= 4 is 17.4 Å². The summed E-state index contributed by atoms with van der Waals surface area (Å²) in [6.07, 6.45) is 2.78. The second kappa shape index (κ2) is 8.50. The highest BCUT2D eigenvalue weighted by Crippen LogP contribution is 2.32. The molecule has 0 bridgehead atoms. The zero-order chi connectivity index (χ0) is 18.4. The predicted octanol–water partition coefficient (Wildman–Crippen LogP) is 3.78. The van der Waals surface area contributed by atoms with Gasteiger partial charge in [-0.1, -0.05) is 39.0 Å². The Kier molecular flexibility index (Phi) is 6.63. The van der Waals surface area contributed by atoms with E-state index in [-0.39, 0.29) is 17.1 Å². The molecular weight excluding hydrogens is 312 g/mol. The Morgan fingerprint density at radius 1 is 0.960 bits per heavy atom. The van der Waals surface area contributed by atoms with Crippen LogP contribution in [0.5, 0.6) is 0 Å². The number of Topliss-reactive ketones (excluding diaryl/α,β-unsaturated/α-hetero) is 1. The molecule has 1 aliphatic heterocycles. The first-order chi connectivity index (χ1) is 11.8. The molecule has 0 aromatic heterocycles. The Morgan fingerprint density at radius 3 is 2.16 bits per heavy atom. The van der Waals surface area contributed by atoms with E-state index in [0.29, 0.717) is 12.8 Å². The molecule has 0 radical (unpaired) electrons. The van der Waals surface area contributed by atoms with Crippen LogP contribution in [-0.2, 0) is 15.0 Å². The van der Waals surface area contributed by atoms with Gasteiger partial charge in [-0.05, 0) is 36.8 Å². The highest BCUT2D eigenvalue weighted by Gasteiger charge is 2.25. The van der Waals surface area contributed by atoms with Crippen LogP contribution >= 0.6 is 0 Å². The van der Waals surface area contributed by atoms with Gasteiger partial charge in [0.25, 0.3) is 0 Å². The third-order valence-corrected chi connectivity index (χ3v) is 4.85. The second-order valence-corrected chi connectivity index (χ2v) is 8.04. The van der Waals surface area contributed by atoms with Crippen molar-refractivity contribution in [3.63, 3.8) is 0 Å². The molecule has 1 aromatic carbocycles. The molecule has 1 aromatic rings. The standard InChI is InChI=1S/C21H32N2O2/c1-17(24)9-5-8-12-20(25)23-15-13-22(14-16-23)19-11-7-6-10-18(19)21(2,3)4/h6-7,10-11H,5,8-9,12-16H2,1-4H3. The molecule has 0 N–H and O–H groups in total. The van der Waals surface area contributed by atoms with E-state index in [2.05, 4.69) is 49.9 Å². The normalized spacial score (nSPS) is 15.4. The van der Waals surface area contributed by atoms with E-state index < -0.39 is 0 Å². The van der Waals surface area contributed by atoms with E-state index in [0.717, 1.165) is 39.0 Å². The lowest BCUT2D eigenvalue weighted by atomic mass is 9.85. The highest BCUT2D eigenvalue weighted by molar-refractivity contribution is 5.77. The molecule has 138 valence electrons. The van der Waals surface area contributed by atoms with Crippen LogP contribution in [0.15, 0.2) is 24.3 Å². The number of benzene rings is 1. The molecule has 1 aliphatic rings. The van der Waals surface area contributed by atoms with Crippen LogP contribution in [0, 0.1) is 0 Å². The van der Waals surface area contributed by atoms with E-state index in [1.807, 2.05) is 4.90 Å². The first kappa shape index (κ1) is 19.5. The molecule has 4 nitrogen and oxygen atoms in total. The molecule has 4 heteroatoms. The molecule has 0 atom stereocenters. The lowest BCUT2D eigenvalue weighted by Crippen LogP contribution is -2.49. The molecular formula is C21H32N2O2. The van der Waals surface area contributed by atoms with Crippen molar-refractivity contribution in [2.75, 3.05) is 31.1 Å². The van der Waals surface area contributed by atoms with Gasteiger partial charge in [-0.3, -0.25) is 4.79 Å². The van der Waals surface area contributed by atoms with Crippen molar-refractivity contribution in [3.8, 4) is 0 Å². The molecule has 0 aliphatic carbocycles. The van der Waals surface area contributed by atoms with E-state index in [1.54, 1.807) is 6.92 Å². The van der Waals surface area contributed by atoms with Gasteiger partial charge in [0, 0.05) is 44.7 Å². The molecule has 1 fully saturated rings. The minimum Gasteiger partial charge on any atom is -0.368 e. The second-order valence-electron chi connectivity index (χ2n) is 8.04. The number of piperazine rings is 1. The van der Waals surface area contributed by atoms with Gasteiger partial charge in [0.05, 0.1) is 0 Å². The van der Waals surface area contributed by atoms with Crippen LogP contribution in [0.4, 0.5) is 5.69 Å². The van der Waals surface area contributed by atoms with Crippen molar-refractivity contribution in [1.82, 2.24) is 4.90 Å². The fourth-order valence-corrected chi connectivity index (χ4v) is 3.39. The van der Waals surface area contributed by atoms with Crippen molar-refractivity contribution in [2.45, 2.75) is 58.8 Å². The zero-order valence-electron chi connectivity index (χ0n) is 16.2. The van der Waals surface area contributed by atoms with Crippen LogP contribution in [-0.4, -0.2) is 42.8 Å². The van der Waals surface area contributed by atoms with E-state index in [1.165, 1.54) is 11.3 Å². The van der Waals surface area contributed by atoms with Crippen molar-refractivity contribution in [3.05, 3.63) is 29.8 Å². The number of nitrogens with zero attached hydrogens (tertiary/aromatic N) is 2. The number of hydrogen-bond acceptors (Lipinski definition) is 3. The van der Waals surface area contributed by atoms with Crippen molar-refractivity contribution < 1.29 is 9.59 Å². The van der Waals surface area contributed by atoms with Crippen molar-refractivity contribution in [2.24, 2.45) is 0 Å². The number of amides is 1. The van der Waals surface area contributed by atoms with Gasteiger partial charge in [-0.25, -0.2) is 0 Å². The molecule has 1 amide bonds. The zero-order valence-corrected chi connectivity index (χ0v) is 16.2. The topological polar surface area (TPSA) is 40.6 Å². The van der Waals surface area contributed by atoms with Gasteiger partial charge in [-0.15, -0.1) is 0 Å². The average molecular weight is 344 g/mol. The fourth-order valence-electron chi connectivity index (χ4n) is 3.39. The summed E-state index contributed by atoms with van der Waals surface area (Å²) in [6.45, 7) is 11.7. The quantitative estimate of drug-likeness (QED) is 0.737. The Bertz CT molecular complexity index is 596. The summed E-state index contributed by atoms with van der Waals surface area (Å²) >= 11 is 0. The number of unbranched alkanes of at least 4 members (excludes halogenated alkanes) is 1. The van der Waals surface area contributed by atoms with Gasteiger partial charge in [-0.2, -0.15) is 0 Å². The smallest absolute Gasteiger partial charge is 0.222 e. The number of hydrogen-bond donors (Lipinski definition) is 0. The van der Waals surface area contributed by atoms with Crippen LogP contribution in [0.25, 0.3) is 0 Å². The third-order valence-electron chi connectivity index (χ3n) is 4.85. The summed E-state index contributed by atoms with van der Waals surface area (Å²) in [5, 5.41) is 0. The lowest BCUT2D eigenvalue weighted by Gasteiger charge is -2.38. The fraction of sp³-hybridized carbons (Fsp3) is 0.619. The molecule has 1 saturated heterocycles. The van der Waals surface area contributed by atoms with Crippen LogP contribution in [0.1, 0.15) is 58.9 Å². The largest absolute Gasteiger partial charge is 0.368 e. The number of ketones is 1. The maximum absolute atomic E-state index is 12.3. The highest BCUT2D eigenvalue weighted by atomic mass is 16.2. The Balaban J connectivity index is 1.88. The van der Waals surface area contributed by atoms with Gasteiger partial charge >= 0.3 is 0 Å². The summed E-state index contributed by atoms with van der Waals surface area (Å²) < 4.78 is 0. The number of para-hydroxylation sites is 1. The summed E-state index contributed by atoms with van der Waals surface area (Å²) in [5.74, 6) is 0.436. The molecule has 0 unspecified atom stereocenters. The molecule has 0 spiro atoms. The van der Waals surface area contributed by atoms with Gasteiger partial charge < -0.3 is 14.6 Å². The van der Waals surface area contributed by atoms with Crippen LogP contribution < -0.4 is 4.90 Å². The molecule has 25 heavy (non-hydrogen) atoms. The average Bonchev–Trinajstić information content (AvgIpc) is 2.58. The number of anilines is 1. The van der Waals surface area contributed by atoms with Gasteiger partial charge in [0.15, 0.2) is 0 Å². The Hall–Kier alpha value is -1.84. The molecule has 0 saturated carbocycles. The van der Waals surface area contributed by atoms with E-state index in [9.17, 15) is 9.59 Å². The van der Waals surface area contributed by atoms with Crippen LogP contribution in [0.2, 0.25) is 0 Å². The van der Waals surface area contributed by atoms with Gasteiger partial charge in [0.1, 0.15) is 5.78 Å². The summed E-state index contributed by atoms with van der Waals surface area (Å²) in [4.78, 5) is 27.7. The van der Waals surface area contributed by atoms with Crippen molar-refractivity contribution in [1.29, 1.82) is 0 Å². The van der Waals surface area contributed by atoms with Crippen LogP contribution in [0.3, 0.4) is 0 Å². The lowest BCUT2D eigenvalue weighted by molar-refractivity contribution is -0.131. The summed E-state index contributed by atoms with van der Waals surface area (Å²) in [6, 6.07) is 8.60. The third kappa shape index (κ3) is 5.58. The van der Waals surface area contributed by atoms with Gasteiger partial charge in [0.2, 0.25) is 5.91 Å². The number of carbonyl (C=O) groups excluding carboxylic acids is 2. The monoisotopic (exact) mass is 344 g/mol. The minimum atomic E-state index is 0.111. The first-order valence-corrected chi connectivity index (χ1v) is 9.40. The van der Waals surface area contributed by atoms with E-state index >= 15 is 0 Å². The molecule has 1 heterocycles. The predicted molar refractivity (Wildman–Crippen MR) is 103 cm³/mol. The summed E-state index contributed by atoms with van der Waals surface area (Å²) in [7, 11) is 0. The minimum absolute atomic E-state index is 0.111. The number of rotatable bonds is 6. The first-order valence-electron chi connectivity index (χ1n) is 9.40. The maximum Gasteiger partial charge on any atom is 0.222 e. The SMILES string of the molecule is CC(=O)CCCCC(=O)N1CCN(c2ccccc2C(C)(C)C)CC1. The maximum atomic E-state index is 12.3.